The summed E-state index contributed by atoms with van der Waals surface area (Å²) >= 11 is 5.85. The molecule has 1 N–H and O–H groups in total. The van der Waals surface area contributed by atoms with Crippen LogP contribution in [0.4, 0.5) is 0 Å². The van der Waals surface area contributed by atoms with Crippen LogP contribution < -0.4 is 5.32 Å². The second kappa shape index (κ2) is 9.08. The molecule has 0 heterocycles. The zero-order valence-electron chi connectivity index (χ0n) is 13.7. The summed E-state index contributed by atoms with van der Waals surface area (Å²) in [6.45, 7) is 1.03. The average molecular weight is 345 g/mol. The molecule has 0 aromatic heterocycles. The summed E-state index contributed by atoms with van der Waals surface area (Å²) in [6, 6.07) is 16.5. The summed E-state index contributed by atoms with van der Waals surface area (Å²) in [6.07, 6.45) is 1.02. The van der Waals surface area contributed by atoms with E-state index in [1.54, 1.807) is 24.1 Å². The van der Waals surface area contributed by atoms with E-state index in [2.05, 4.69) is 5.32 Å². The van der Waals surface area contributed by atoms with Crippen LogP contribution in [0.15, 0.2) is 54.6 Å². The Labute approximate surface area is 147 Å². The molecule has 2 aromatic rings. The largest absolute Gasteiger partial charge is 0.352 e. The summed E-state index contributed by atoms with van der Waals surface area (Å²) in [5, 5.41) is 3.51. The smallest absolute Gasteiger partial charge is 0.251 e. The molecule has 5 heteroatoms. The Morgan fingerprint density at radius 1 is 1.04 bits per heavy atom. The van der Waals surface area contributed by atoms with Crippen LogP contribution in [0.3, 0.4) is 0 Å². The zero-order chi connectivity index (χ0) is 17.4. The van der Waals surface area contributed by atoms with Crippen molar-refractivity contribution in [3.05, 3.63) is 70.7 Å². The minimum absolute atomic E-state index is 0.0545. The summed E-state index contributed by atoms with van der Waals surface area (Å²) in [4.78, 5) is 25.7. The number of hydrogen-bond acceptors (Lipinski definition) is 2. The number of halogens is 1. The van der Waals surface area contributed by atoms with Gasteiger partial charge in [0.1, 0.15) is 0 Å². The normalized spacial score (nSPS) is 10.2. The molecule has 0 aliphatic rings. The number of amides is 2. The first-order valence-corrected chi connectivity index (χ1v) is 8.25. The molecular weight excluding hydrogens is 324 g/mol. The van der Waals surface area contributed by atoms with Gasteiger partial charge >= 0.3 is 0 Å². The molecule has 2 aromatic carbocycles. The minimum Gasteiger partial charge on any atom is -0.352 e. The maximum atomic E-state index is 12.1. The van der Waals surface area contributed by atoms with Crippen molar-refractivity contribution in [3.8, 4) is 0 Å². The summed E-state index contributed by atoms with van der Waals surface area (Å²) in [5.41, 5.74) is 1.66. The van der Waals surface area contributed by atoms with E-state index in [-0.39, 0.29) is 11.8 Å². The third kappa shape index (κ3) is 5.70. The molecule has 4 nitrogen and oxygen atoms in total. The fraction of sp³-hybridized carbons (Fsp3) is 0.263. The molecule has 0 radical (unpaired) electrons. The third-order valence-electron chi connectivity index (χ3n) is 3.65. The number of benzene rings is 2. The highest BCUT2D eigenvalue weighted by Crippen LogP contribution is 2.11. The maximum Gasteiger partial charge on any atom is 0.251 e. The first-order chi connectivity index (χ1) is 11.6. The SMILES string of the molecule is CN(Cc1ccc(Cl)cc1)C(=O)CCCNC(=O)c1ccccc1. The van der Waals surface area contributed by atoms with E-state index in [1.165, 1.54) is 0 Å². The Hall–Kier alpha value is -2.33. The minimum atomic E-state index is -0.113. The molecule has 0 unspecified atom stereocenters. The topological polar surface area (TPSA) is 49.4 Å². The number of carbonyl (C=O) groups is 2. The van der Waals surface area contributed by atoms with Crippen LogP contribution in [0.2, 0.25) is 5.02 Å². The Kier molecular flexibility index (Phi) is 6.82. The Balaban J connectivity index is 1.69. The molecule has 24 heavy (non-hydrogen) atoms. The van der Waals surface area contributed by atoms with Gasteiger partial charge in [0.2, 0.25) is 5.91 Å². The highest BCUT2D eigenvalue weighted by molar-refractivity contribution is 6.30. The van der Waals surface area contributed by atoms with E-state index >= 15 is 0 Å². The second-order valence-corrected chi connectivity index (χ2v) is 6.04. The summed E-state index contributed by atoms with van der Waals surface area (Å²) < 4.78 is 0. The number of nitrogens with one attached hydrogen (secondary N) is 1. The standard InChI is InChI=1S/C19H21ClN2O2/c1-22(14-15-9-11-17(20)12-10-15)18(23)8-5-13-21-19(24)16-6-3-2-4-7-16/h2-4,6-7,9-12H,5,8,13-14H2,1H3,(H,21,24). The lowest BCUT2D eigenvalue weighted by Gasteiger charge is -2.17. The molecule has 0 aliphatic heterocycles. The third-order valence-corrected chi connectivity index (χ3v) is 3.90. The maximum absolute atomic E-state index is 12.1. The van der Waals surface area contributed by atoms with Crippen molar-refractivity contribution < 1.29 is 9.59 Å². The predicted octanol–water partition coefficient (Wildman–Crippen LogP) is 3.51. The molecule has 2 rings (SSSR count). The number of hydrogen-bond donors (Lipinski definition) is 1. The fourth-order valence-electron chi connectivity index (χ4n) is 2.28. The van der Waals surface area contributed by atoms with Gasteiger partial charge in [0.15, 0.2) is 0 Å². The molecule has 0 spiro atoms. The van der Waals surface area contributed by atoms with Crippen molar-refractivity contribution in [3.63, 3.8) is 0 Å². The average Bonchev–Trinajstić information content (AvgIpc) is 2.61. The van der Waals surface area contributed by atoms with Gasteiger partial charge in [0, 0.05) is 37.1 Å². The van der Waals surface area contributed by atoms with Crippen LogP contribution in [0.5, 0.6) is 0 Å². The van der Waals surface area contributed by atoms with E-state index in [9.17, 15) is 9.59 Å². The lowest BCUT2D eigenvalue weighted by Crippen LogP contribution is -2.28. The van der Waals surface area contributed by atoms with Gasteiger partial charge in [-0.25, -0.2) is 0 Å². The molecule has 126 valence electrons. The van der Waals surface area contributed by atoms with Crippen molar-refractivity contribution in [2.45, 2.75) is 19.4 Å². The quantitative estimate of drug-likeness (QED) is 0.781. The molecule has 0 saturated heterocycles. The van der Waals surface area contributed by atoms with Crippen LogP contribution in [0, 0.1) is 0 Å². The highest BCUT2D eigenvalue weighted by Gasteiger charge is 2.10. The molecule has 0 fully saturated rings. The highest BCUT2D eigenvalue weighted by atomic mass is 35.5. The lowest BCUT2D eigenvalue weighted by atomic mass is 10.2. The van der Waals surface area contributed by atoms with Gasteiger partial charge in [-0.1, -0.05) is 41.9 Å². The van der Waals surface area contributed by atoms with Crippen molar-refractivity contribution >= 4 is 23.4 Å². The van der Waals surface area contributed by atoms with Gasteiger partial charge in [-0.3, -0.25) is 9.59 Å². The molecule has 0 bridgehead atoms. The molecule has 0 saturated carbocycles. The number of rotatable bonds is 7. The lowest BCUT2D eigenvalue weighted by molar-refractivity contribution is -0.130. The van der Waals surface area contributed by atoms with Crippen molar-refractivity contribution in [2.75, 3.05) is 13.6 Å². The Morgan fingerprint density at radius 2 is 1.71 bits per heavy atom. The second-order valence-electron chi connectivity index (χ2n) is 5.60. The van der Waals surface area contributed by atoms with E-state index < -0.39 is 0 Å². The zero-order valence-corrected chi connectivity index (χ0v) is 14.4. The van der Waals surface area contributed by atoms with Gasteiger partial charge < -0.3 is 10.2 Å². The van der Waals surface area contributed by atoms with Crippen molar-refractivity contribution in [1.82, 2.24) is 10.2 Å². The van der Waals surface area contributed by atoms with Crippen LogP contribution >= 0.6 is 11.6 Å². The monoisotopic (exact) mass is 344 g/mol. The van der Waals surface area contributed by atoms with Crippen LogP contribution in [-0.2, 0) is 11.3 Å². The van der Waals surface area contributed by atoms with Crippen molar-refractivity contribution in [1.29, 1.82) is 0 Å². The van der Waals surface area contributed by atoms with E-state index in [4.69, 9.17) is 11.6 Å². The van der Waals surface area contributed by atoms with E-state index in [1.807, 2.05) is 42.5 Å². The van der Waals surface area contributed by atoms with Gasteiger partial charge in [0.05, 0.1) is 0 Å². The fourth-order valence-corrected chi connectivity index (χ4v) is 2.40. The van der Waals surface area contributed by atoms with E-state index in [0.29, 0.717) is 36.5 Å². The summed E-state index contributed by atoms with van der Waals surface area (Å²) in [7, 11) is 1.78. The first kappa shape index (κ1) is 18.0. The molecule has 2 amide bonds. The molecule has 0 atom stereocenters. The first-order valence-electron chi connectivity index (χ1n) is 7.88. The predicted molar refractivity (Wildman–Crippen MR) is 95.9 cm³/mol. The molecular formula is C19H21ClN2O2. The van der Waals surface area contributed by atoms with Gasteiger partial charge in [-0.05, 0) is 36.2 Å². The van der Waals surface area contributed by atoms with Gasteiger partial charge in [-0.2, -0.15) is 0 Å². The van der Waals surface area contributed by atoms with Crippen LogP contribution in [0.25, 0.3) is 0 Å². The van der Waals surface area contributed by atoms with Crippen LogP contribution in [0.1, 0.15) is 28.8 Å². The number of carbonyl (C=O) groups excluding carboxylic acids is 2. The Morgan fingerprint density at radius 3 is 2.38 bits per heavy atom. The van der Waals surface area contributed by atoms with E-state index in [0.717, 1.165) is 5.56 Å². The van der Waals surface area contributed by atoms with Gasteiger partial charge in [-0.15, -0.1) is 0 Å². The van der Waals surface area contributed by atoms with Gasteiger partial charge in [0.25, 0.3) is 5.91 Å². The summed E-state index contributed by atoms with van der Waals surface area (Å²) in [5.74, 6) is -0.0588. The van der Waals surface area contributed by atoms with Crippen molar-refractivity contribution in [2.24, 2.45) is 0 Å². The van der Waals surface area contributed by atoms with Crippen LogP contribution in [-0.4, -0.2) is 30.3 Å². The number of nitrogens with zero attached hydrogens (tertiary/aromatic N) is 1. The molecule has 0 aliphatic carbocycles. The Bertz CT molecular complexity index is 672.